The summed E-state index contributed by atoms with van der Waals surface area (Å²) >= 11 is 5.56. The van der Waals surface area contributed by atoms with Gasteiger partial charge < -0.3 is 11.5 Å². The molecule has 0 saturated heterocycles. The molecule has 0 heterocycles. The first-order valence-corrected chi connectivity index (χ1v) is 5.75. The first-order chi connectivity index (χ1) is 7.61. The van der Waals surface area contributed by atoms with Gasteiger partial charge in [-0.05, 0) is 37.2 Å². The molecule has 1 aromatic carbocycles. The Morgan fingerprint density at radius 1 is 1.25 bits per heavy atom. The molecule has 4 heteroatoms. The molecule has 3 nitrogen and oxygen atoms in total. The van der Waals surface area contributed by atoms with Crippen LogP contribution in [-0.4, -0.2) is 12.5 Å². The monoisotopic (exact) mass is 242 g/mol. The van der Waals surface area contributed by atoms with E-state index >= 15 is 0 Å². The molecule has 0 bridgehead atoms. The summed E-state index contributed by atoms with van der Waals surface area (Å²) in [4.78, 5) is 10.5. The molecule has 0 aliphatic rings. The standard InChI is InChI=1S/C7H6ClNO.C5H13N/c8-6-3-1-5(2-4-6)7(9)10;1-2-3-4-5-6/h1-4H,(H2,9,10);2-6H2,1H3. The molecule has 0 radical (unpaired) electrons. The van der Waals surface area contributed by atoms with E-state index in [0.29, 0.717) is 10.6 Å². The van der Waals surface area contributed by atoms with Gasteiger partial charge in [-0.15, -0.1) is 0 Å². The van der Waals surface area contributed by atoms with Crippen molar-refractivity contribution in [1.82, 2.24) is 0 Å². The highest BCUT2D eigenvalue weighted by Crippen LogP contribution is 2.08. The van der Waals surface area contributed by atoms with Gasteiger partial charge >= 0.3 is 0 Å². The van der Waals surface area contributed by atoms with Crippen LogP contribution in [0.3, 0.4) is 0 Å². The van der Waals surface area contributed by atoms with Crippen LogP contribution >= 0.6 is 11.6 Å². The van der Waals surface area contributed by atoms with Crippen molar-refractivity contribution in [3.63, 3.8) is 0 Å². The fourth-order valence-electron chi connectivity index (χ4n) is 1.01. The summed E-state index contributed by atoms with van der Waals surface area (Å²) in [7, 11) is 0. The summed E-state index contributed by atoms with van der Waals surface area (Å²) in [6.45, 7) is 3.03. The molecule has 0 saturated carbocycles. The van der Waals surface area contributed by atoms with Gasteiger partial charge in [0.15, 0.2) is 0 Å². The second-order valence-corrected chi connectivity index (χ2v) is 3.80. The third-order valence-electron chi connectivity index (χ3n) is 1.94. The fraction of sp³-hybridized carbons (Fsp3) is 0.417. The topological polar surface area (TPSA) is 69.1 Å². The lowest BCUT2D eigenvalue weighted by atomic mass is 10.2. The zero-order valence-corrected chi connectivity index (χ0v) is 10.3. The van der Waals surface area contributed by atoms with Crippen LogP contribution in [0.15, 0.2) is 24.3 Å². The van der Waals surface area contributed by atoms with Gasteiger partial charge in [-0.25, -0.2) is 0 Å². The number of amides is 1. The number of rotatable bonds is 4. The maximum atomic E-state index is 10.5. The summed E-state index contributed by atoms with van der Waals surface area (Å²) < 4.78 is 0. The van der Waals surface area contributed by atoms with Gasteiger partial charge in [0.25, 0.3) is 0 Å². The van der Waals surface area contributed by atoms with Gasteiger partial charge in [0.2, 0.25) is 5.91 Å². The van der Waals surface area contributed by atoms with Crippen LogP contribution in [-0.2, 0) is 0 Å². The van der Waals surface area contributed by atoms with E-state index in [1.165, 1.54) is 19.3 Å². The molecule has 0 aliphatic carbocycles. The molecule has 0 fully saturated rings. The second kappa shape index (κ2) is 9.19. The number of carbonyl (C=O) groups is 1. The van der Waals surface area contributed by atoms with Crippen LogP contribution in [0.5, 0.6) is 0 Å². The Hall–Kier alpha value is -1.06. The Kier molecular flexibility index (Phi) is 8.58. The number of hydrogen-bond acceptors (Lipinski definition) is 2. The van der Waals surface area contributed by atoms with E-state index in [4.69, 9.17) is 23.1 Å². The summed E-state index contributed by atoms with van der Waals surface area (Å²) in [6, 6.07) is 6.43. The van der Waals surface area contributed by atoms with Crippen LogP contribution in [0.2, 0.25) is 5.02 Å². The molecule has 0 unspecified atom stereocenters. The summed E-state index contributed by atoms with van der Waals surface area (Å²) in [6.07, 6.45) is 3.75. The number of halogens is 1. The van der Waals surface area contributed by atoms with Gasteiger partial charge in [-0.2, -0.15) is 0 Å². The van der Waals surface area contributed by atoms with E-state index in [1.54, 1.807) is 24.3 Å². The van der Waals surface area contributed by atoms with Crippen LogP contribution in [0, 0.1) is 0 Å². The molecule has 4 N–H and O–H groups in total. The van der Waals surface area contributed by atoms with E-state index in [-0.39, 0.29) is 0 Å². The predicted octanol–water partition coefficient (Wildman–Crippen LogP) is 2.57. The van der Waals surface area contributed by atoms with Gasteiger partial charge in [-0.3, -0.25) is 4.79 Å². The van der Waals surface area contributed by atoms with Gasteiger partial charge in [0, 0.05) is 10.6 Å². The van der Waals surface area contributed by atoms with Crippen LogP contribution in [0.4, 0.5) is 0 Å². The zero-order chi connectivity index (χ0) is 12.4. The number of primary amides is 1. The van der Waals surface area contributed by atoms with Crippen LogP contribution < -0.4 is 11.5 Å². The molecular formula is C12H19ClN2O. The highest BCUT2D eigenvalue weighted by atomic mass is 35.5. The minimum Gasteiger partial charge on any atom is -0.366 e. The van der Waals surface area contributed by atoms with E-state index < -0.39 is 5.91 Å². The normalized spacial score (nSPS) is 9.19. The highest BCUT2D eigenvalue weighted by Gasteiger charge is 1.96. The molecule has 1 aromatic rings. The van der Waals surface area contributed by atoms with Crippen molar-refractivity contribution in [2.24, 2.45) is 11.5 Å². The minimum absolute atomic E-state index is 0.434. The van der Waals surface area contributed by atoms with Crippen LogP contribution in [0.25, 0.3) is 0 Å². The summed E-state index contributed by atoms with van der Waals surface area (Å²) in [5.41, 5.74) is 10.7. The minimum atomic E-state index is -0.434. The van der Waals surface area contributed by atoms with Crippen LogP contribution in [0.1, 0.15) is 36.5 Å². The van der Waals surface area contributed by atoms with Crippen molar-refractivity contribution < 1.29 is 4.79 Å². The summed E-state index contributed by atoms with van der Waals surface area (Å²) in [5, 5.41) is 0.602. The Balaban J connectivity index is 0.000000325. The molecule has 0 aromatic heterocycles. The van der Waals surface area contributed by atoms with E-state index in [2.05, 4.69) is 6.92 Å². The van der Waals surface area contributed by atoms with Crippen molar-refractivity contribution in [3.05, 3.63) is 34.9 Å². The van der Waals surface area contributed by atoms with E-state index in [1.807, 2.05) is 0 Å². The number of benzene rings is 1. The fourth-order valence-corrected chi connectivity index (χ4v) is 1.13. The third-order valence-corrected chi connectivity index (χ3v) is 2.19. The van der Waals surface area contributed by atoms with E-state index in [0.717, 1.165) is 6.54 Å². The predicted molar refractivity (Wildman–Crippen MR) is 68.5 cm³/mol. The van der Waals surface area contributed by atoms with Crippen molar-refractivity contribution in [2.75, 3.05) is 6.54 Å². The Labute approximate surface area is 102 Å². The molecule has 1 amide bonds. The lowest BCUT2D eigenvalue weighted by Gasteiger charge is -1.92. The quantitative estimate of drug-likeness (QED) is 0.797. The van der Waals surface area contributed by atoms with Gasteiger partial charge in [0.05, 0.1) is 0 Å². The second-order valence-electron chi connectivity index (χ2n) is 3.37. The van der Waals surface area contributed by atoms with Crippen molar-refractivity contribution in [1.29, 1.82) is 0 Å². The Morgan fingerprint density at radius 3 is 2.12 bits per heavy atom. The maximum Gasteiger partial charge on any atom is 0.248 e. The molecule has 90 valence electrons. The molecule has 0 aliphatic heterocycles. The lowest BCUT2D eigenvalue weighted by molar-refractivity contribution is 0.100. The molecule has 0 spiro atoms. The summed E-state index contributed by atoms with van der Waals surface area (Å²) in [5.74, 6) is -0.434. The zero-order valence-electron chi connectivity index (χ0n) is 9.58. The first-order valence-electron chi connectivity index (χ1n) is 5.37. The average Bonchev–Trinajstić information content (AvgIpc) is 2.28. The third kappa shape index (κ3) is 7.26. The SMILES string of the molecule is CCCCCN.NC(=O)c1ccc(Cl)cc1. The molecule has 16 heavy (non-hydrogen) atoms. The molecule has 0 atom stereocenters. The number of carbonyl (C=O) groups excluding carboxylic acids is 1. The van der Waals surface area contributed by atoms with Crippen molar-refractivity contribution in [3.8, 4) is 0 Å². The number of hydrogen-bond donors (Lipinski definition) is 2. The van der Waals surface area contributed by atoms with Gasteiger partial charge in [-0.1, -0.05) is 31.4 Å². The molecule has 1 rings (SSSR count). The van der Waals surface area contributed by atoms with Crippen molar-refractivity contribution in [2.45, 2.75) is 26.2 Å². The Bertz CT molecular complexity index is 294. The number of nitrogens with two attached hydrogens (primary N) is 2. The lowest BCUT2D eigenvalue weighted by Crippen LogP contribution is -2.10. The first kappa shape index (κ1) is 14.9. The highest BCUT2D eigenvalue weighted by molar-refractivity contribution is 6.30. The Morgan fingerprint density at radius 2 is 1.81 bits per heavy atom. The smallest absolute Gasteiger partial charge is 0.248 e. The maximum absolute atomic E-state index is 10.5. The largest absolute Gasteiger partial charge is 0.366 e. The van der Waals surface area contributed by atoms with Gasteiger partial charge in [0.1, 0.15) is 0 Å². The average molecular weight is 243 g/mol. The van der Waals surface area contributed by atoms with Crippen molar-refractivity contribution >= 4 is 17.5 Å². The van der Waals surface area contributed by atoms with E-state index in [9.17, 15) is 4.79 Å². The number of unbranched alkanes of at least 4 members (excludes halogenated alkanes) is 2. The molecular weight excluding hydrogens is 224 g/mol.